The molecule has 0 fully saturated rings. The van der Waals surface area contributed by atoms with E-state index < -0.39 is 0 Å². The maximum Gasteiger partial charge on any atom is 0.191 e. The van der Waals surface area contributed by atoms with Crippen LogP contribution in [0, 0.1) is 6.92 Å². The van der Waals surface area contributed by atoms with Crippen LogP contribution < -0.4 is 10.6 Å². The van der Waals surface area contributed by atoms with Crippen molar-refractivity contribution in [1.29, 1.82) is 0 Å². The highest BCUT2D eigenvalue weighted by Gasteiger charge is 2.04. The van der Waals surface area contributed by atoms with E-state index in [1.54, 1.807) is 18.4 Å². The van der Waals surface area contributed by atoms with Crippen LogP contribution in [0.4, 0.5) is 0 Å². The SMILES string of the molecule is CCc1cc(CNC(=NC)NCCc2csc(C)n2)on1.I. The molecule has 0 amide bonds. The molecule has 6 nitrogen and oxygen atoms in total. The number of guanidine groups is 1. The van der Waals surface area contributed by atoms with Crippen molar-refractivity contribution >= 4 is 41.3 Å². The van der Waals surface area contributed by atoms with E-state index in [1.165, 1.54) is 0 Å². The van der Waals surface area contributed by atoms with Gasteiger partial charge in [0.2, 0.25) is 0 Å². The highest BCUT2D eigenvalue weighted by Crippen LogP contribution is 2.07. The van der Waals surface area contributed by atoms with Gasteiger partial charge in [-0.2, -0.15) is 0 Å². The Morgan fingerprint density at radius 3 is 2.77 bits per heavy atom. The molecule has 2 heterocycles. The lowest BCUT2D eigenvalue weighted by Crippen LogP contribution is -2.37. The highest BCUT2D eigenvalue weighted by atomic mass is 127. The quantitative estimate of drug-likeness (QED) is 0.415. The zero-order valence-corrected chi connectivity index (χ0v) is 16.2. The van der Waals surface area contributed by atoms with Crippen molar-refractivity contribution in [2.24, 2.45) is 4.99 Å². The summed E-state index contributed by atoms with van der Waals surface area (Å²) in [5, 5.41) is 13.6. The molecule has 0 aromatic carbocycles. The van der Waals surface area contributed by atoms with Crippen molar-refractivity contribution in [1.82, 2.24) is 20.8 Å². The lowest BCUT2D eigenvalue weighted by molar-refractivity contribution is 0.374. The van der Waals surface area contributed by atoms with E-state index in [9.17, 15) is 0 Å². The van der Waals surface area contributed by atoms with Crippen LogP contribution in [0.25, 0.3) is 0 Å². The summed E-state index contributed by atoms with van der Waals surface area (Å²) in [7, 11) is 1.75. The van der Waals surface area contributed by atoms with Gasteiger partial charge in [0.1, 0.15) is 0 Å². The first-order chi connectivity index (χ1) is 10.2. The van der Waals surface area contributed by atoms with E-state index in [0.717, 1.165) is 47.5 Å². The highest BCUT2D eigenvalue weighted by molar-refractivity contribution is 14.0. The third kappa shape index (κ3) is 5.91. The first-order valence-corrected chi connectivity index (χ1v) is 7.89. The fourth-order valence-electron chi connectivity index (χ4n) is 1.83. The molecule has 0 aliphatic carbocycles. The fourth-order valence-corrected chi connectivity index (χ4v) is 2.48. The molecular formula is C14H22IN5OS. The third-order valence-electron chi connectivity index (χ3n) is 2.96. The summed E-state index contributed by atoms with van der Waals surface area (Å²) in [6.45, 7) is 5.43. The number of hydrogen-bond acceptors (Lipinski definition) is 5. The van der Waals surface area contributed by atoms with Crippen LogP contribution in [0.2, 0.25) is 0 Å². The number of rotatable bonds is 6. The number of aryl methyl sites for hydroxylation is 2. The summed E-state index contributed by atoms with van der Waals surface area (Å²) in [6.07, 6.45) is 1.76. The van der Waals surface area contributed by atoms with Gasteiger partial charge in [-0.1, -0.05) is 12.1 Å². The van der Waals surface area contributed by atoms with E-state index in [-0.39, 0.29) is 24.0 Å². The van der Waals surface area contributed by atoms with Crippen molar-refractivity contribution in [2.75, 3.05) is 13.6 Å². The summed E-state index contributed by atoms with van der Waals surface area (Å²) in [5.41, 5.74) is 2.08. The Hall–Kier alpha value is -1.16. The molecule has 2 rings (SSSR count). The Morgan fingerprint density at radius 2 is 2.18 bits per heavy atom. The largest absolute Gasteiger partial charge is 0.359 e. The van der Waals surface area contributed by atoms with Crippen LogP contribution >= 0.6 is 35.3 Å². The molecule has 0 saturated carbocycles. The van der Waals surface area contributed by atoms with Gasteiger partial charge in [0, 0.05) is 31.5 Å². The van der Waals surface area contributed by atoms with Crippen LogP contribution in [0.15, 0.2) is 21.0 Å². The van der Waals surface area contributed by atoms with E-state index in [2.05, 4.69) is 38.1 Å². The molecule has 0 unspecified atom stereocenters. The van der Waals surface area contributed by atoms with Crippen molar-refractivity contribution in [3.8, 4) is 0 Å². The average molecular weight is 435 g/mol. The molecule has 0 spiro atoms. The number of halogens is 1. The van der Waals surface area contributed by atoms with E-state index >= 15 is 0 Å². The molecule has 0 radical (unpaired) electrons. The third-order valence-corrected chi connectivity index (χ3v) is 3.79. The zero-order valence-electron chi connectivity index (χ0n) is 13.0. The maximum absolute atomic E-state index is 5.22. The first kappa shape index (κ1) is 18.9. The number of nitrogens with zero attached hydrogens (tertiary/aromatic N) is 3. The standard InChI is InChI=1S/C14H21N5OS.HI/c1-4-11-7-13(20-19-11)8-17-14(15-3)16-6-5-12-9-21-10(2)18-12;/h7,9H,4-6,8H2,1-3H3,(H2,15,16,17);1H. The fraction of sp³-hybridized carbons (Fsp3) is 0.500. The first-order valence-electron chi connectivity index (χ1n) is 7.01. The summed E-state index contributed by atoms with van der Waals surface area (Å²) in [4.78, 5) is 8.62. The Bertz CT molecular complexity index is 596. The molecule has 22 heavy (non-hydrogen) atoms. The van der Waals surface area contributed by atoms with E-state index in [0.29, 0.717) is 6.54 Å². The summed E-state index contributed by atoms with van der Waals surface area (Å²) in [5.74, 6) is 1.56. The average Bonchev–Trinajstić information content (AvgIpc) is 3.11. The molecule has 2 N–H and O–H groups in total. The van der Waals surface area contributed by atoms with Crippen molar-refractivity contribution < 1.29 is 4.52 Å². The van der Waals surface area contributed by atoms with Gasteiger partial charge in [-0.05, 0) is 13.3 Å². The number of hydrogen-bond donors (Lipinski definition) is 2. The second-order valence-corrected chi connectivity index (χ2v) is 5.66. The minimum Gasteiger partial charge on any atom is -0.359 e. The molecule has 0 atom stereocenters. The minimum atomic E-state index is 0. The Balaban J connectivity index is 0.00000242. The van der Waals surface area contributed by atoms with Crippen LogP contribution in [0.5, 0.6) is 0 Å². The van der Waals surface area contributed by atoms with Crippen molar-refractivity contribution in [3.05, 3.63) is 33.6 Å². The summed E-state index contributed by atoms with van der Waals surface area (Å²) < 4.78 is 5.22. The van der Waals surface area contributed by atoms with Crippen LogP contribution in [-0.4, -0.2) is 29.7 Å². The van der Waals surface area contributed by atoms with Gasteiger partial charge in [0.15, 0.2) is 11.7 Å². The van der Waals surface area contributed by atoms with Gasteiger partial charge in [-0.25, -0.2) is 4.98 Å². The molecule has 0 bridgehead atoms. The van der Waals surface area contributed by atoms with E-state index in [1.807, 2.05) is 13.0 Å². The molecule has 2 aromatic rings. The predicted molar refractivity (Wildman–Crippen MR) is 100 cm³/mol. The van der Waals surface area contributed by atoms with Gasteiger partial charge in [0.25, 0.3) is 0 Å². The van der Waals surface area contributed by atoms with Gasteiger partial charge in [0.05, 0.1) is 22.9 Å². The van der Waals surface area contributed by atoms with E-state index in [4.69, 9.17) is 4.52 Å². The molecule has 2 aromatic heterocycles. The second kappa shape index (κ2) is 9.78. The van der Waals surface area contributed by atoms with Gasteiger partial charge >= 0.3 is 0 Å². The molecular weight excluding hydrogens is 413 g/mol. The monoisotopic (exact) mass is 435 g/mol. The van der Waals surface area contributed by atoms with Gasteiger partial charge in [-0.15, -0.1) is 35.3 Å². The molecule has 8 heteroatoms. The molecule has 0 aliphatic rings. The van der Waals surface area contributed by atoms with Crippen LogP contribution in [-0.2, 0) is 19.4 Å². The smallest absolute Gasteiger partial charge is 0.191 e. The van der Waals surface area contributed by atoms with Crippen LogP contribution in [0.1, 0.15) is 29.1 Å². The van der Waals surface area contributed by atoms with Gasteiger partial charge in [-0.3, -0.25) is 4.99 Å². The van der Waals surface area contributed by atoms with Gasteiger partial charge < -0.3 is 15.2 Å². The lowest BCUT2D eigenvalue weighted by Gasteiger charge is -2.09. The number of nitrogens with one attached hydrogen (secondary N) is 2. The maximum atomic E-state index is 5.22. The van der Waals surface area contributed by atoms with Crippen molar-refractivity contribution in [2.45, 2.75) is 33.2 Å². The van der Waals surface area contributed by atoms with Crippen LogP contribution in [0.3, 0.4) is 0 Å². The minimum absolute atomic E-state index is 0. The molecule has 0 aliphatic heterocycles. The summed E-state index contributed by atoms with van der Waals surface area (Å²) in [6, 6.07) is 1.96. The number of aliphatic imine (C=N–C) groups is 1. The topological polar surface area (TPSA) is 75.3 Å². The predicted octanol–water partition coefficient (Wildman–Crippen LogP) is 2.53. The number of aromatic nitrogens is 2. The second-order valence-electron chi connectivity index (χ2n) is 4.60. The zero-order chi connectivity index (χ0) is 15.1. The molecule has 122 valence electrons. The Kier molecular flexibility index (Phi) is 8.39. The Labute approximate surface area is 151 Å². The van der Waals surface area contributed by atoms with Crippen molar-refractivity contribution in [3.63, 3.8) is 0 Å². The molecule has 0 saturated heterocycles. The Morgan fingerprint density at radius 1 is 1.36 bits per heavy atom. The normalized spacial score (nSPS) is 11.1. The number of thiazole rings is 1. The summed E-state index contributed by atoms with van der Waals surface area (Å²) >= 11 is 1.68. The lowest BCUT2D eigenvalue weighted by atomic mass is 10.3.